The van der Waals surface area contributed by atoms with E-state index in [0.717, 1.165) is 17.7 Å². The summed E-state index contributed by atoms with van der Waals surface area (Å²) in [4.78, 5) is 0. The van der Waals surface area contributed by atoms with Crippen LogP contribution in [0.2, 0.25) is 0 Å². The number of benzene rings is 1. The molecule has 0 spiro atoms. The zero-order chi connectivity index (χ0) is 11.1. The molecule has 82 valence electrons. The molecule has 0 bridgehead atoms. The molecule has 1 rings (SSSR count). The van der Waals surface area contributed by atoms with Crippen molar-refractivity contribution in [2.24, 2.45) is 5.92 Å². The maximum absolute atomic E-state index is 5.59. The second-order valence-corrected chi connectivity index (χ2v) is 4.48. The lowest BCUT2D eigenvalue weighted by molar-refractivity contribution is 0.271. The monoisotopic (exact) mass is 268 g/mol. The fraction of sp³-hybridized carbons (Fsp3) is 0.385. The molecular weight excluding hydrogens is 252 g/mol. The first kappa shape index (κ1) is 12.3. The number of ether oxygens (including phenoxy) is 1. The third-order valence-electron chi connectivity index (χ3n) is 1.86. The molecule has 0 N–H and O–H groups in total. The van der Waals surface area contributed by atoms with E-state index in [2.05, 4.69) is 54.1 Å². The molecule has 0 unspecified atom stereocenters. The lowest BCUT2D eigenvalue weighted by atomic mass is 10.2. The summed E-state index contributed by atoms with van der Waals surface area (Å²) >= 11 is 3.35. The molecule has 1 aromatic carbocycles. The molecule has 2 heteroatoms. The molecular formula is C13H17BrO. The minimum atomic E-state index is 0.568. The molecule has 0 fully saturated rings. The highest BCUT2D eigenvalue weighted by Crippen LogP contribution is 2.14. The van der Waals surface area contributed by atoms with Crippen LogP contribution in [-0.2, 0) is 0 Å². The van der Waals surface area contributed by atoms with Gasteiger partial charge in [0.15, 0.2) is 0 Å². The van der Waals surface area contributed by atoms with Crippen LogP contribution in [-0.4, -0.2) is 11.9 Å². The predicted molar refractivity (Wildman–Crippen MR) is 69.6 cm³/mol. The van der Waals surface area contributed by atoms with Crippen molar-refractivity contribution < 1.29 is 4.74 Å². The van der Waals surface area contributed by atoms with Crippen LogP contribution >= 0.6 is 15.9 Å². The minimum absolute atomic E-state index is 0.568. The summed E-state index contributed by atoms with van der Waals surface area (Å²) in [5.74, 6) is 1.51. The molecule has 1 nitrogen and oxygen atoms in total. The summed E-state index contributed by atoms with van der Waals surface area (Å²) in [6.45, 7) is 5.07. The summed E-state index contributed by atoms with van der Waals surface area (Å²) in [7, 11) is 0. The quantitative estimate of drug-likeness (QED) is 0.730. The van der Waals surface area contributed by atoms with Crippen molar-refractivity contribution in [1.82, 2.24) is 0 Å². The van der Waals surface area contributed by atoms with Gasteiger partial charge in [0.2, 0.25) is 0 Å². The number of alkyl halides is 1. The van der Waals surface area contributed by atoms with E-state index in [4.69, 9.17) is 4.74 Å². The number of hydrogen-bond donors (Lipinski definition) is 0. The molecule has 0 heterocycles. The summed E-state index contributed by atoms with van der Waals surface area (Å²) in [6.07, 6.45) is 4.16. The van der Waals surface area contributed by atoms with E-state index >= 15 is 0 Å². The van der Waals surface area contributed by atoms with Crippen LogP contribution in [0.5, 0.6) is 5.75 Å². The van der Waals surface area contributed by atoms with Crippen LogP contribution in [0.25, 0.3) is 6.08 Å². The van der Waals surface area contributed by atoms with E-state index in [0.29, 0.717) is 5.92 Å². The van der Waals surface area contributed by atoms with Crippen molar-refractivity contribution in [2.45, 2.75) is 13.8 Å². The fourth-order valence-electron chi connectivity index (χ4n) is 1.12. The molecule has 1 aromatic rings. The van der Waals surface area contributed by atoms with Crippen molar-refractivity contribution in [3.63, 3.8) is 0 Å². The van der Waals surface area contributed by atoms with Gasteiger partial charge in [-0.05, 0) is 23.6 Å². The Bertz CT molecular complexity index is 301. The summed E-state index contributed by atoms with van der Waals surface area (Å²) < 4.78 is 5.59. The first-order valence-corrected chi connectivity index (χ1v) is 6.30. The molecule has 0 radical (unpaired) electrons. The Morgan fingerprint density at radius 2 is 1.93 bits per heavy atom. The van der Waals surface area contributed by atoms with Gasteiger partial charge in [0, 0.05) is 5.33 Å². The van der Waals surface area contributed by atoms with Gasteiger partial charge >= 0.3 is 0 Å². The van der Waals surface area contributed by atoms with Crippen molar-refractivity contribution in [3.05, 3.63) is 35.9 Å². The molecule has 0 atom stereocenters. The van der Waals surface area contributed by atoms with Gasteiger partial charge in [-0.25, -0.2) is 0 Å². The van der Waals surface area contributed by atoms with Crippen molar-refractivity contribution in [3.8, 4) is 5.75 Å². The Labute approximate surface area is 100 Å². The highest BCUT2D eigenvalue weighted by molar-refractivity contribution is 9.09. The maximum Gasteiger partial charge on any atom is 0.119 e. The van der Waals surface area contributed by atoms with Gasteiger partial charge in [0.05, 0.1) is 6.61 Å². The third-order valence-corrected chi connectivity index (χ3v) is 2.24. The van der Waals surface area contributed by atoms with Gasteiger partial charge in [-0.15, -0.1) is 0 Å². The number of halogens is 1. The van der Waals surface area contributed by atoms with E-state index in [1.165, 1.54) is 5.56 Å². The van der Waals surface area contributed by atoms with Gasteiger partial charge in [-0.3, -0.25) is 0 Å². The van der Waals surface area contributed by atoms with Crippen LogP contribution in [0.15, 0.2) is 30.3 Å². The Kier molecular flexibility index (Phi) is 5.48. The van der Waals surface area contributed by atoms with Gasteiger partial charge in [-0.1, -0.05) is 54.1 Å². The van der Waals surface area contributed by atoms with E-state index in [9.17, 15) is 0 Å². The smallest absolute Gasteiger partial charge is 0.119 e. The molecule has 0 aliphatic rings. The first-order chi connectivity index (χ1) is 7.22. The highest BCUT2D eigenvalue weighted by Gasteiger charge is 1.96. The molecule has 0 aliphatic heterocycles. The van der Waals surface area contributed by atoms with Crippen molar-refractivity contribution >= 4 is 22.0 Å². The summed E-state index contributed by atoms with van der Waals surface area (Å²) in [5.41, 5.74) is 1.20. The average molecular weight is 269 g/mol. The van der Waals surface area contributed by atoms with Crippen LogP contribution in [0.4, 0.5) is 0 Å². The molecule has 0 saturated carbocycles. The fourth-order valence-corrected chi connectivity index (χ4v) is 1.31. The van der Waals surface area contributed by atoms with Crippen LogP contribution in [0.1, 0.15) is 19.4 Å². The standard InChI is InChI=1S/C13H17BrO/c1-11(2)10-15-13-7-5-12(6-8-13)4-3-9-14/h3-8,11H,9-10H2,1-2H3. The Balaban J connectivity index is 2.52. The van der Waals surface area contributed by atoms with E-state index < -0.39 is 0 Å². The van der Waals surface area contributed by atoms with Crippen LogP contribution in [0, 0.1) is 5.92 Å². The topological polar surface area (TPSA) is 9.23 Å². The molecule has 0 saturated heterocycles. The summed E-state index contributed by atoms with van der Waals surface area (Å²) in [5, 5.41) is 0.888. The zero-order valence-electron chi connectivity index (χ0n) is 9.24. The van der Waals surface area contributed by atoms with E-state index in [1.54, 1.807) is 0 Å². The van der Waals surface area contributed by atoms with Gasteiger partial charge < -0.3 is 4.74 Å². The Morgan fingerprint density at radius 1 is 1.27 bits per heavy atom. The second kappa shape index (κ2) is 6.67. The number of rotatable bonds is 5. The third kappa shape index (κ3) is 5.03. The van der Waals surface area contributed by atoms with Gasteiger partial charge in [0.25, 0.3) is 0 Å². The molecule has 0 aliphatic carbocycles. The first-order valence-electron chi connectivity index (χ1n) is 5.17. The predicted octanol–water partition coefficient (Wildman–Crippen LogP) is 4.13. The number of hydrogen-bond acceptors (Lipinski definition) is 1. The lowest BCUT2D eigenvalue weighted by Gasteiger charge is -2.08. The van der Waals surface area contributed by atoms with Gasteiger partial charge in [0.1, 0.15) is 5.75 Å². The Morgan fingerprint density at radius 3 is 2.47 bits per heavy atom. The van der Waals surface area contributed by atoms with Crippen molar-refractivity contribution in [1.29, 1.82) is 0 Å². The largest absolute Gasteiger partial charge is 0.493 e. The van der Waals surface area contributed by atoms with E-state index in [1.807, 2.05) is 12.1 Å². The normalized spacial score (nSPS) is 11.2. The summed E-state index contributed by atoms with van der Waals surface area (Å²) in [6, 6.07) is 8.15. The molecule has 15 heavy (non-hydrogen) atoms. The SMILES string of the molecule is CC(C)COc1ccc(C=CCBr)cc1. The van der Waals surface area contributed by atoms with Crippen LogP contribution < -0.4 is 4.74 Å². The molecule has 0 aromatic heterocycles. The average Bonchev–Trinajstić information content (AvgIpc) is 2.25. The molecule has 0 amide bonds. The zero-order valence-corrected chi connectivity index (χ0v) is 10.8. The lowest BCUT2D eigenvalue weighted by Crippen LogP contribution is -2.04. The minimum Gasteiger partial charge on any atom is -0.493 e. The number of allylic oxidation sites excluding steroid dienone is 1. The Hall–Kier alpha value is -0.760. The van der Waals surface area contributed by atoms with E-state index in [-0.39, 0.29) is 0 Å². The van der Waals surface area contributed by atoms with Crippen molar-refractivity contribution in [2.75, 3.05) is 11.9 Å². The maximum atomic E-state index is 5.59. The highest BCUT2D eigenvalue weighted by atomic mass is 79.9. The second-order valence-electron chi connectivity index (χ2n) is 3.83. The van der Waals surface area contributed by atoms with Gasteiger partial charge in [-0.2, -0.15) is 0 Å². The van der Waals surface area contributed by atoms with Crippen LogP contribution in [0.3, 0.4) is 0 Å².